The Bertz CT molecular complexity index is 624. The SMILES string of the molecule is Nc1ccc2nc(CN3C4CCC3CC(O)C4)[nH]c2c1. The normalized spacial score (nSPS) is 30.1. The van der Waals surface area contributed by atoms with Crippen molar-refractivity contribution in [1.29, 1.82) is 0 Å². The number of hydrogen-bond donors (Lipinski definition) is 3. The summed E-state index contributed by atoms with van der Waals surface area (Å²) >= 11 is 0. The Kier molecular flexibility index (Phi) is 2.72. The van der Waals surface area contributed by atoms with Crippen molar-refractivity contribution in [3.63, 3.8) is 0 Å². The Morgan fingerprint density at radius 2 is 2.05 bits per heavy atom. The molecule has 2 saturated heterocycles. The molecule has 2 atom stereocenters. The molecule has 2 aromatic rings. The minimum absolute atomic E-state index is 0.112. The summed E-state index contributed by atoms with van der Waals surface area (Å²) < 4.78 is 0. The van der Waals surface area contributed by atoms with Crippen molar-refractivity contribution >= 4 is 16.7 Å². The Morgan fingerprint density at radius 1 is 1.30 bits per heavy atom. The summed E-state index contributed by atoms with van der Waals surface area (Å²) in [6, 6.07) is 6.80. The molecule has 4 N–H and O–H groups in total. The lowest BCUT2D eigenvalue weighted by Gasteiger charge is -2.36. The molecule has 1 aromatic heterocycles. The number of aromatic amines is 1. The topological polar surface area (TPSA) is 78.2 Å². The Morgan fingerprint density at radius 3 is 2.80 bits per heavy atom. The van der Waals surface area contributed by atoms with E-state index in [0.29, 0.717) is 12.1 Å². The Labute approximate surface area is 117 Å². The molecule has 0 saturated carbocycles. The van der Waals surface area contributed by atoms with Crippen LogP contribution in [0.5, 0.6) is 0 Å². The van der Waals surface area contributed by atoms with E-state index in [4.69, 9.17) is 5.73 Å². The van der Waals surface area contributed by atoms with Gasteiger partial charge in [0.15, 0.2) is 0 Å². The first-order chi connectivity index (χ1) is 9.69. The molecular formula is C15H20N4O. The number of nitrogen functional groups attached to an aromatic ring is 1. The molecule has 0 radical (unpaired) electrons. The summed E-state index contributed by atoms with van der Waals surface area (Å²) in [4.78, 5) is 10.5. The minimum Gasteiger partial charge on any atom is -0.399 e. The summed E-state index contributed by atoms with van der Waals surface area (Å²) in [7, 11) is 0. The van der Waals surface area contributed by atoms with E-state index in [1.165, 1.54) is 12.8 Å². The van der Waals surface area contributed by atoms with Crippen LogP contribution in [0.15, 0.2) is 18.2 Å². The van der Waals surface area contributed by atoms with Crippen LogP contribution in [0.25, 0.3) is 11.0 Å². The van der Waals surface area contributed by atoms with Gasteiger partial charge in [0, 0.05) is 17.8 Å². The van der Waals surface area contributed by atoms with Crippen LogP contribution in [-0.2, 0) is 6.54 Å². The first-order valence-corrected chi connectivity index (χ1v) is 7.37. The average molecular weight is 272 g/mol. The van der Waals surface area contributed by atoms with Gasteiger partial charge in [0.1, 0.15) is 5.82 Å². The van der Waals surface area contributed by atoms with Crippen LogP contribution in [0.2, 0.25) is 0 Å². The first kappa shape index (κ1) is 12.2. The molecule has 2 aliphatic heterocycles. The van der Waals surface area contributed by atoms with E-state index >= 15 is 0 Å². The third kappa shape index (κ3) is 1.98. The zero-order valence-corrected chi connectivity index (χ0v) is 11.4. The highest BCUT2D eigenvalue weighted by atomic mass is 16.3. The number of piperidine rings is 1. The summed E-state index contributed by atoms with van der Waals surface area (Å²) in [6.45, 7) is 0.844. The second-order valence-corrected chi connectivity index (χ2v) is 6.14. The number of imidazole rings is 1. The van der Waals surface area contributed by atoms with Gasteiger partial charge < -0.3 is 15.8 Å². The molecule has 0 spiro atoms. The zero-order valence-electron chi connectivity index (χ0n) is 11.4. The van der Waals surface area contributed by atoms with E-state index < -0.39 is 0 Å². The number of anilines is 1. The van der Waals surface area contributed by atoms with Gasteiger partial charge in [-0.3, -0.25) is 4.90 Å². The lowest BCUT2D eigenvalue weighted by molar-refractivity contribution is 0.0298. The van der Waals surface area contributed by atoms with Crippen molar-refractivity contribution in [2.24, 2.45) is 0 Å². The maximum atomic E-state index is 9.85. The number of aromatic nitrogens is 2. The second-order valence-electron chi connectivity index (χ2n) is 6.14. The van der Waals surface area contributed by atoms with Crippen LogP contribution in [0.4, 0.5) is 5.69 Å². The van der Waals surface area contributed by atoms with E-state index in [0.717, 1.165) is 41.9 Å². The van der Waals surface area contributed by atoms with Gasteiger partial charge in [0.05, 0.1) is 23.7 Å². The van der Waals surface area contributed by atoms with Crippen molar-refractivity contribution in [3.8, 4) is 0 Å². The van der Waals surface area contributed by atoms with E-state index in [-0.39, 0.29) is 6.10 Å². The van der Waals surface area contributed by atoms with Crippen LogP contribution < -0.4 is 5.73 Å². The number of fused-ring (bicyclic) bond motifs is 3. The fraction of sp³-hybridized carbons (Fsp3) is 0.533. The molecule has 3 heterocycles. The predicted octanol–water partition coefficient (Wildman–Crippen LogP) is 1.63. The van der Waals surface area contributed by atoms with E-state index in [9.17, 15) is 5.11 Å². The molecule has 1 aromatic carbocycles. The molecule has 5 heteroatoms. The summed E-state index contributed by atoms with van der Waals surface area (Å²) in [6.07, 6.45) is 4.11. The van der Waals surface area contributed by atoms with Crippen molar-refractivity contribution < 1.29 is 5.11 Å². The molecule has 0 amide bonds. The summed E-state index contributed by atoms with van der Waals surface area (Å²) in [5.74, 6) is 0.999. The number of rotatable bonds is 2. The molecule has 2 aliphatic rings. The molecule has 20 heavy (non-hydrogen) atoms. The largest absolute Gasteiger partial charge is 0.399 e. The molecule has 0 aliphatic carbocycles. The van der Waals surface area contributed by atoms with Gasteiger partial charge in [-0.1, -0.05) is 0 Å². The molecule has 2 unspecified atom stereocenters. The van der Waals surface area contributed by atoms with Crippen LogP contribution >= 0.6 is 0 Å². The molecule has 2 fully saturated rings. The van der Waals surface area contributed by atoms with Crippen molar-refractivity contribution in [2.75, 3.05) is 5.73 Å². The van der Waals surface area contributed by atoms with Gasteiger partial charge in [0.25, 0.3) is 0 Å². The van der Waals surface area contributed by atoms with Gasteiger partial charge in [-0.05, 0) is 43.9 Å². The molecule has 4 rings (SSSR count). The lowest BCUT2D eigenvalue weighted by Crippen LogP contribution is -2.44. The van der Waals surface area contributed by atoms with Crippen LogP contribution in [-0.4, -0.2) is 38.2 Å². The fourth-order valence-electron chi connectivity index (χ4n) is 3.83. The number of H-pyrrole nitrogens is 1. The van der Waals surface area contributed by atoms with Crippen LogP contribution in [0, 0.1) is 0 Å². The minimum atomic E-state index is -0.112. The monoisotopic (exact) mass is 272 g/mol. The summed E-state index contributed by atoms with van der Waals surface area (Å²) in [5, 5.41) is 9.85. The van der Waals surface area contributed by atoms with Crippen LogP contribution in [0.1, 0.15) is 31.5 Å². The number of aliphatic hydroxyl groups excluding tert-OH is 1. The maximum Gasteiger partial charge on any atom is 0.121 e. The number of hydrogen-bond acceptors (Lipinski definition) is 4. The number of aliphatic hydroxyl groups is 1. The van der Waals surface area contributed by atoms with Gasteiger partial charge in [-0.25, -0.2) is 4.98 Å². The van der Waals surface area contributed by atoms with Crippen molar-refractivity contribution in [3.05, 3.63) is 24.0 Å². The number of nitrogens with one attached hydrogen (secondary N) is 1. The summed E-state index contributed by atoms with van der Waals surface area (Å²) in [5.41, 5.74) is 8.53. The highest BCUT2D eigenvalue weighted by molar-refractivity contribution is 5.78. The van der Waals surface area contributed by atoms with Gasteiger partial charge >= 0.3 is 0 Å². The predicted molar refractivity (Wildman–Crippen MR) is 78.1 cm³/mol. The second kappa shape index (κ2) is 4.46. The Hall–Kier alpha value is -1.59. The van der Waals surface area contributed by atoms with Crippen molar-refractivity contribution in [1.82, 2.24) is 14.9 Å². The van der Waals surface area contributed by atoms with Gasteiger partial charge in [-0.2, -0.15) is 0 Å². The van der Waals surface area contributed by atoms with Gasteiger partial charge in [0.2, 0.25) is 0 Å². The highest BCUT2D eigenvalue weighted by Crippen LogP contribution is 2.36. The molecule has 5 nitrogen and oxygen atoms in total. The lowest BCUT2D eigenvalue weighted by atomic mass is 10.00. The zero-order chi connectivity index (χ0) is 13.7. The Balaban J connectivity index is 1.58. The molecular weight excluding hydrogens is 252 g/mol. The number of benzene rings is 1. The first-order valence-electron chi connectivity index (χ1n) is 7.37. The molecule has 2 bridgehead atoms. The van der Waals surface area contributed by atoms with E-state index in [1.54, 1.807) is 0 Å². The quantitative estimate of drug-likeness (QED) is 0.726. The van der Waals surface area contributed by atoms with Gasteiger partial charge in [-0.15, -0.1) is 0 Å². The van der Waals surface area contributed by atoms with Crippen molar-refractivity contribution in [2.45, 2.75) is 50.4 Å². The average Bonchev–Trinajstić information content (AvgIpc) is 2.89. The highest BCUT2D eigenvalue weighted by Gasteiger charge is 2.40. The maximum absolute atomic E-state index is 9.85. The third-order valence-corrected chi connectivity index (χ3v) is 4.75. The van der Waals surface area contributed by atoms with Crippen LogP contribution in [0.3, 0.4) is 0 Å². The smallest absolute Gasteiger partial charge is 0.121 e. The molecule has 106 valence electrons. The third-order valence-electron chi connectivity index (χ3n) is 4.75. The fourth-order valence-corrected chi connectivity index (χ4v) is 3.83. The number of nitrogens with zero attached hydrogens (tertiary/aromatic N) is 2. The van der Waals surface area contributed by atoms with E-state index in [2.05, 4.69) is 14.9 Å². The standard InChI is InChI=1S/C15H20N4O/c16-9-1-4-13-14(5-9)18-15(17-13)8-19-10-2-3-11(19)7-12(20)6-10/h1,4-5,10-12,20H,2-3,6-8,16H2,(H,17,18). The van der Waals surface area contributed by atoms with E-state index in [1.807, 2.05) is 18.2 Å². The number of nitrogens with two attached hydrogens (primary N) is 1.